The van der Waals surface area contributed by atoms with Crippen LogP contribution in [-0.4, -0.2) is 0 Å². The predicted molar refractivity (Wildman–Crippen MR) is 62.4 cm³/mol. The Hall–Kier alpha value is -0.600. The van der Waals surface area contributed by atoms with Crippen LogP contribution >= 0.6 is 11.6 Å². The summed E-state index contributed by atoms with van der Waals surface area (Å²) in [6.07, 6.45) is 1.86. The van der Waals surface area contributed by atoms with Gasteiger partial charge in [0.1, 0.15) is 5.82 Å². The smallest absolute Gasteiger partial charge is 0.142 e. The van der Waals surface area contributed by atoms with Gasteiger partial charge in [-0.2, -0.15) is 0 Å². The Labute approximate surface area is 95.4 Å². The molecule has 1 atom stereocenters. The van der Waals surface area contributed by atoms with Crippen LogP contribution < -0.4 is 5.73 Å². The number of halogens is 2. The Bertz CT molecular complexity index is 325. The molecule has 0 aliphatic carbocycles. The summed E-state index contributed by atoms with van der Waals surface area (Å²) in [5, 5.41) is 0.161. The molecule has 0 saturated carbocycles. The molecule has 3 heteroatoms. The van der Waals surface area contributed by atoms with Crippen molar-refractivity contribution in [3.63, 3.8) is 0 Å². The third-order valence-electron chi connectivity index (χ3n) is 2.44. The van der Waals surface area contributed by atoms with Gasteiger partial charge in [-0.05, 0) is 30.4 Å². The zero-order chi connectivity index (χ0) is 11.4. The van der Waals surface area contributed by atoms with E-state index >= 15 is 0 Å². The van der Waals surface area contributed by atoms with Gasteiger partial charge in [0.05, 0.1) is 5.02 Å². The first kappa shape index (κ1) is 12.5. The number of rotatable bonds is 4. The Morgan fingerprint density at radius 2 is 2.00 bits per heavy atom. The van der Waals surface area contributed by atoms with Gasteiger partial charge < -0.3 is 5.73 Å². The van der Waals surface area contributed by atoms with Gasteiger partial charge in [-0.25, -0.2) is 4.39 Å². The molecule has 1 rings (SSSR count). The highest BCUT2D eigenvalue weighted by atomic mass is 35.5. The minimum atomic E-state index is -0.394. The van der Waals surface area contributed by atoms with Gasteiger partial charge in [-0.3, -0.25) is 0 Å². The summed E-state index contributed by atoms with van der Waals surface area (Å²) < 4.78 is 13.2. The van der Waals surface area contributed by atoms with Crippen LogP contribution in [0.4, 0.5) is 4.39 Å². The summed E-state index contributed by atoms with van der Waals surface area (Å²) in [5.41, 5.74) is 6.67. The molecule has 1 aromatic carbocycles. The maximum Gasteiger partial charge on any atom is 0.142 e. The molecule has 15 heavy (non-hydrogen) atoms. The lowest BCUT2D eigenvalue weighted by atomic mass is 9.98. The lowest BCUT2D eigenvalue weighted by molar-refractivity contribution is 0.505. The molecule has 0 bridgehead atoms. The summed E-state index contributed by atoms with van der Waals surface area (Å²) >= 11 is 5.85. The van der Waals surface area contributed by atoms with Gasteiger partial charge in [0.15, 0.2) is 0 Å². The average Bonchev–Trinajstić information content (AvgIpc) is 2.18. The summed E-state index contributed by atoms with van der Waals surface area (Å²) in [7, 11) is 0. The van der Waals surface area contributed by atoms with Crippen LogP contribution in [0.25, 0.3) is 0 Å². The summed E-state index contributed by atoms with van der Waals surface area (Å²) in [4.78, 5) is 0. The zero-order valence-corrected chi connectivity index (χ0v) is 9.89. The summed E-state index contributed by atoms with van der Waals surface area (Å²) in [6, 6.07) is 4.61. The van der Waals surface area contributed by atoms with Crippen molar-refractivity contribution in [2.45, 2.75) is 32.7 Å². The molecule has 0 aliphatic rings. The number of hydrogen-bond donors (Lipinski definition) is 1. The van der Waals surface area contributed by atoms with E-state index in [-0.39, 0.29) is 11.1 Å². The Balaban J connectivity index is 2.73. The van der Waals surface area contributed by atoms with Crippen molar-refractivity contribution in [2.75, 3.05) is 0 Å². The van der Waals surface area contributed by atoms with Crippen LogP contribution in [0.3, 0.4) is 0 Å². The largest absolute Gasteiger partial charge is 0.324 e. The number of hydrogen-bond acceptors (Lipinski definition) is 1. The van der Waals surface area contributed by atoms with E-state index in [9.17, 15) is 4.39 Å². The van der Waals surface area contributed by atoms with E-state index in [0.717, 1.165) is 12.8 Å². The maximum absolute atomic E-state index is 13.2. The van der Waals surface area contributed by atoms with Gasteiger partial charge in [-0.1, -0.05) is 37.6 Å². The van der Waals surface area contributed by atoms with Crippen molar-refractivity contribution in [1.82, 2.24) is 0 Å². The van der Waals surface area contributed by atoms with Crippen molar-refractivity contribution in [1.29, 1.82) is 0 Å². The number of benzene rings is 1. The number of nitrogens with two attached hydrogens (primary N) is 1. The van der Waals surface area contributed by atoms with Gasteiger partial charge >= 0.3 is 0 Å². The van der Waals surface area contributed by atoms with Crippen LogP contribution in [-0.2, 0) is 0 Å². The topological polar surface area (TPSA) is 26.0 Å². The third kappa shape index (κ3) is 3.47. The van der Waals surface area contributed by atoms with Gasteiger partial charge in [0.25, 0.3) is 0 Å². The highest BCUT2D eigenvalue weighted by Crippen LogP contribution is 2.27. The van der Waals surface area contributed by atoms with Crippen molar-refractivity contribution in [2.24, 2.45) is 11.7 Å². The zero-order valence-electron chi connectivity index (χ0n) is 9.13. The molecule has 0 radical (unpaired) electrons. The quantitative estimate of drug-likeness (QED) is 0.832. The van der Waals surface area contributed by atoms with Crippen molar-refractivity contribution < 1.29 is 4.39 Å². The third-order valence-corrected chi connectivity index (χ3v) is 2.83. The molecular weight excluding hydrogens is 213 g/mol. The van der Waals surface area contributed by atoms with E-state index < -0.39 is 5.82 Å². The molecular formula is C12H17ClFN. The molecule has 0 aliphatic heterocycles. The normalized spacial score (nSPS) is 13.2. The highest BCUT2D eigenvalue weighted by Gasteiger charge is 2.13. The Kier molecular flexibility index (Phi) is 4.55. The van der Waals surface area contributed by atoms with Gasteiger partial charge in [0, 0.05) is 6.04 Å². The molecule has 84 valence electrons. The lowest BCUT2D eigenvalue weighted by Crippen LogP contribution is -2.12. The summed E-state index contributed by atoms with van der Waals surface area (Å²) in [6.45, 7) is 4.28. The first-order valence-corrected chi connectivity index (χ1v) is 5.59. The molecule has 1 aromatic rings. The fourth-order valence-corrected chi connectivity index (χ4v) is 1.74. The molecule has 1 nitrogen and oxygen atoms in total. The highest BCUT2D eigenvalue weighted by molar-refractivity contribution is 6.31. The van der Waals surface area contributed by atoms with Crippen LogP contribution in [0.5, 0.6) is 0 Å². The SMILES string of the molecule is CC(C)CC[C@@H](N)c1cccc(F)c1Cl. The fraction of sp³-hybridized carbons (Fsp3) is 0.500. The van der Waals surface area contributed by atoms with Gasteiger partial charge in [0.2, 0.25) is 0 Å². The first-order chi connectivity index (χ1) is 7.02. The summed E-state index contributed by atoms with van der Waals surface area (Å²) in [5.74, 6) is 0.206. The molecule has 0 spiro atoms. The Morgan fingerprint density at radius 1 is 1.33 bits per heavy atom. The second-order valence-electron chi connectivity index (χ2n) is 4.22. The van der Waals surface area contributed by atoms with Crippen LogP contribution in [0.2, 0.25) is 5.02 Å². The van der Waals surface area contributed by atoms with Crippen molar-refractivity contribution in [3.8, 4) is 0 Å². The van der Waals surface area contributed by atoms with Crippen molar-refractivity contribution in [3.05, 3.63) is 34.6 Å². The Morgan fingerprint density at radius 3 is 2.60 bits per heavy atom. The van der Waals surface area contributed by atoms with Gasteiger partial charge in [-0.15, -0.1) is 0 Å². The van der Waals surface area contributed by atoms with Crippen LogP contribution in [0.1, 0.15) is 38.3 Å². The van der Waals surface area contributed by atoms with Crippen molar-refractivity contribution >= 4 is 11.6 Å². The first-order valence-electron chi connectivity index (χ1n) is 5.22. The van der Waals surface area contributed by atoms with E-state index in [1.54, 1.807) is 12.1 Å². The molecule has 0 fully saturated rings. The molecule has 0 saturated heterocycles. The molecule has 0 amide bonds. The fourth-order valence-electron chi connectivity index (χ4n) is 1.48. The minimum absolute atomic E-state index is 0.161. The second kappa shape index (κ2) is 5.47. The van der Waals surface area contributed by atoms with Crippen LogP contribution in [0.15, 0.2) is 18.2 Å². The average molecular weight is 230 g/mol. The van der Waals surface area contributed by atoms with E-state index in [4.69, 9.17) is 17.3 Å². The predicted octanol–water partition coefficient (Wildman–Crippen LogP) is 3.92. The monoisotopic (exact) mass is 229 g/mol. The lowest BCUT2D eigenvalue weighted by Gasteiger charge is -2.15. The molecule has 0 unspecified atom stereocenters. The standard InChI is InChI=1S/C12H17ClFN/c1-8(2)6-7-11(15)9-4-3-5-10(14)12(9)13/h3-5,8,11H,6-7,15H2,1-2H3/t11-/m1/s1. The van der Waals surface area contributed by atoms with E-state index in [1.807, 2.05) is 0 Å². The van der Waals surface area contributed by atoms with E-state index in [0.29, 0.717) is 11.5 Å². The minimum Gasteiger partial charge on any atom is -0.324 e. The van der Waals surface area contributed by atoms with E-state index in [1.165, 1.54) is 6.07 Å². The van der Waals surface area contributed by atoms with Crippen LogP contribution in [0, 0.1) is 11.7 Å². The molecule has 0 heterocycles. The van der Waals surface area contributed by atoms with E-state index in [2.05, 4.69) is 13.8 Å². The molecule has 0 aromatic heterocycles. The maximum atomic E-state index is 13.2. The molecule has 2 N–H and O–H groups in total. The second-order valence-corrected chi connectivity index (χ2v) is 4.60.